The summed E-state index contributed by atoms with van der Waals surface area (Å²) in [5.41, 5.74) is 1.58. The number of alkyl halides is 1. The molecule has 14 heavy (non-hydrogen) atoms. The lowest BCUT2D eigenvalue weighted by atomic mass is 10.4. The third-order valence-electron chi connectivity index (χ3n) is 1.91. The Balaban J connectivity index is 2.43. The number of nitrogens with one attached hydrogen (secondary N) is 1. The van der Waals surface area contributed by atoms with Gasteiger partial charge in [0.1, 0.15) is 5.82 Å². The Labute approximate surface area is 86.3 Å². The quantitative estimate of drug-likeness (QED) is 0.787. The molecule has 0 radical (unpaired) electrons. The lowest BCUT2D eigenvalue weighted by molar-refractivity contribution is 0.399. The van der Waals surface area contributed by atoms with Crippen LogP contribution >= 0.6 is 11.6 Å². The number of ether oxygens (including phenoxy) is 1. The van der Waals surface area contributed by atoms with Gasteiger partial charge in [-0.25, -0.2) is 4.98 Å². The molecule has 0 atom stereocenters. The van der Waals surface area contributed by atoms with Crippen LogP contribution in [0.2, 0.25) is 0 Å². The fraction of sp³-hybridized carbons (Fsp3) is 0.333. The SMILES string of the molecule is COc1ccc2[nH]c(CCCl)nc2n1. The van der Waals surface area contributed by atoms with Gasteiger partial charge in [-0.05, 0) is 6.07 Å². The molecule has 2 rings (SSSR count). The van der Waals surface area contributed by atoms with E-state index in [4.69, 9.17) is 16.3 Å². The first kappa shape index (κ1) is 9.27. The van der Waals surface area contributed by atoms with E-state index < -0.39 is 0 Å². The van der Waals surface area contributed by atoms with Gasteiger partial charge >= 0.3 is 0 Å². The molecule has 0 aromatic carbocycles. The zero-order valence-corrected chi connectivity index (χ0v) is 8.51. The van der Waals surface area contributed by atoms with E-state index in [-0.39, 0.29) is 0 Å². The van der Waals surface area contributed by atoms with Crippen LogP contribution in [0, 0.1) is 0 Å². The summed E-state index contributed by atoms with van der Waals surface area (Å²) < 4.78 is 5.00. The third-order valence-corrected chi connectivity index (χ3v) is 2.10. The van der Waals surface area contributed by atoms with E-state index in [2.05, 4.69) is 15.0 Å². The van der Waals surface area contributed by atoms with Crippen molar-refractivity contribution in [3.05, 3.63) is 18.0 Å². The van der Waals surface area contributed by atoms with Crippen molar-refractivity contribution in [2.75, 3.05) is 13.0 Å². The van der Waals surface area contributed by atoms with E-state index in [9.17, 15) is 0 Å². The molecule has 1 N–H and O–H groups in total. The number of aryl methyl sites for hydroxylation is 1. The maximum atomic E-state index is 5.62. The number of methoxy groups -OCH3 is 1. The summed E-state index contributed by atoms with van der Waals surface area (Å²) in [5, 5.41) is 0. The molecule has 74 valence electrons. The van der Waals surface area contributed by atoms with E-state index in [1.165, 1.54) is 0 Å². The molecule has 4 nitrogen and oxygen atoms in total. The predicted molar refractivity (Wildman–Crippen MR) is 54.9 cm³/mol. The van der Waals surface area contributed by atoms with Gasteiger partial charge in [0.15, 0.2) is 5.65 Å². The summed E-state index contributed by atoms with van der Waals surface area (Å²) in [6.07, 6.45) is 0.722. The molecule has 0 bridgehead atoms. The monoisotopic (exact) mass is 211 g/mol. The summed E-state index contributed by atoms with van der Waals surface area (Å²) in [6, 6.07) is 3.69. The molecule has 2 heterocycles. The van der Waals surface area contributed by atoms with Crippen LogP contribution in [0.5, 0.6) is 5.88 Å². The second kappa shape index (κ2) is 3.84. The standard InChI is InChI=1S/C9H10ClN3O/c1-14-8-3-2-6-9(13-8)12-7(11-6)4-5-10/h2-3H,4-5H2,1H3,(H,11,12,13). The second-order valence-electron chi connectivity index (χ2n) is 2.85. The number of pyridine rings is 1. The first-order valence-corrected chi connectivity index (χ1v) is 4.82. The molecular weight excluding hydrogens is 202 g/mol. The largest absolute Gasteiger partial charge is 0.481 e. The van der Waals surface area contributed by atoms with Crippen LogP contribution in [-0.4, -0.2) is 27.9 Å². The van der Waals surface area contributed by atoms with Crippen LogP contribution in [0.15, 0.2) is 12.1 Å². The number of rotatable bonds is 3. The number of hydrogen-bond acceptors (Lipinski definition) is 3. The Morgan fingerprint density at radius 2 is 2.29 bits per heavy atom. The van der Waals surface area contributed by atoms with Crippen LogP contribution in [0.25, 0.3) is 11.2 Å². The van der Waals surface area contributed by atoms with Gasteiger partial charge < -0.3 is 9.72 Å². The normalized spacial score (nSPS) is 10.7. The highest BCUT2D eigenvalue weighted by Crippen LogP contribution is 2.14. The number of nitrogens with zero attached hydrogens (tertiary/aromatic N) is 2. The Hall–Kier alpha value is -1.29. The van der Waals surface area contributed by atoms with Crippen molar-refractivity contribution in [2.24, 2.45) is 0 Å². The van der Waals surface area contributed by atoms with Crippen molar-refractivity contribution in [1.29, 1.82) is 0 Å². The number of halogens is 1. The van der Waals surface area contributed by atoms with Crippen molar-refractivity contribution in [3.8, 4) is 5.88 Å². The molecular formula is C9H10ClN3O. The second-order valence-corrected chi connectivity index (χ2v) is 3.23. The van der Waals surface area contributed by atoms with E-state index in [1.807, 2.05) is 6.07 Å². The number of aromatic amines is 1. The molecule has 0 amide bonds. The topological polar surface area (TPSA) is 50.8 Å². The summed E-state index contributed by atoms with van der Waals surface area (Å²) >= 11 is 5.62. The minimum atomic E-state index is 0.553. The highest BCUT2D eigenvalue weighted by atomic mass is 35.5. The fourth-order valence-electron chi connectivity index (χ4n) is 1.25. The molecule has 2 aromatic heterocycles. The summed E-state index contributed by atoms with van der Waals surface area (Å²) in [7, 11) is 1.58. The first-order chi connectivity index (χ1) is 6.83. The Kier molecular flexibility index (Phi) is 2.54. The van der Waals surface area contributed by atoms with Gasteiger partial charge in [-0.15, -0.1) is 11.6 Å². The van der Waals surface area contributed by atoms with Crippen LogP contribution in [0.3, 0.4) is 0 Å². The molecule has 0 aliphatic carbocycles. The predicted octanol–water partition coefficient (Wildman–Crippen LogP) is 1.75. The molecule has 0 saturated carbocycles. The van der Waals surface area contributed by atoms with E-state index in [0.29, 0.717) is 17.4 Å². The Bertz CT molecular complexity index is 441. The Morgan fingerprint density at radius 1 is 1.43 bits per heavy atom. The average Bonchev–Trinajstić information content (AvgIpc) is 2.59. The van der Waals surface area contributed by atoms with E-state index in [1.54, 1.807) is 13.2 Å². The van der Waals surface area contributed by atoms with Crippen LogP contribution < -0.4 is 4.74 Å². The summed E-state index contributed by atoms with van der Waals surface area (Å²) in [4.78, 5) is 11.6. The van der Waals surface area contributed by atoms with Crippen molar-refractivity contribution < 1.29 is 4.74 Å². The van der Waals surface area contributed by atoms with Gasteiger partial charge in [0, 0.05) is 18.4 Å². The smallest absolute Gasteiger partial charge is 0.215 e. The lowest BCUT2D eigenvalue weighted by Gasteiger charge is -1.95. The van der Waals surface area contributed by atoms with Gasteiger partial charge in [-0.2, -0.15) is 4.98 Å². The van der Waals surface area contributed by atoms with Crippen molar-refractivity contribution >= 4 is 22.8 Å². The fourth-order valence-corrected chi connectivity index (χ4v) is 1.43. The highest BCUT2D eigenvalue weighted by Gasteiger charge is 2.04. The van der Waals surface area contributed by atoms with Crippen molar-refractivity contribution in [3.63, 3.8) is 0 Å². The van der Waals surface area contributed by atoms with Crippen molar-refractivity contribution in [2.45, 2.75) is 6.42 Å². The molecule has 0 unspecified atom stereocenters. The maximum Gasteiger partial charge on any atom is 0.215 e. The van der Waals surface area contributed by atoms with Crippen LogP contribution in [0.1, 0.15) is 5.82 Å². The summed E-state index contributed by atoms with van der Waals surface area (Å²) in [6.45, 7) is 0. The van der Waals surface area contributed by atoms with Crippen molar-refractivity contribution in [1.82, 2.24) is 15.0 Å². The highest BCUT2D eigenvalue weighted by molar-refractivity contribution is 6.17. The number of hydrogen-bond donors (Lipinski definition) is 1. The maximum absolute atomic E-state index is 5.62. The molecule has 0 fully saturated rings. The zero-order chi connectivity index (χ0) is 9.97. The molecule has 0 aliphatic rings. The number of imidazole rings is 1. The third kappa shape index (κ3) is 1.65. The molecule has 0 saturated heterocycles. The molecule has 5 heteroatoms. The van der Waals surface area contributed by atoms with Gasteiger partial charge in [0.2, 0.25) is 5.88 Å². The number of aromatic nitrogens is 3. The minimum Gasteiger partial charge on any atom is -0.481 e. The van der Waals surface area contributed by atoms with E-state index >= 15 is 0 Å². The zero-order valence-electron chi connectivity index (χ0n) is 7.75. The molecule has 2 aromatic rings. The molecule has 0 aliphatic heterocycles. The van der Waals surface area contributed by atoms with Gasteiger partial charge in [-0.3, -0.25) is 0 Å². The van der Waals surface area contributed by atoms with Gasteiger partial charge in [-0.1, -0.05) is 0 Å². The average molecular weight is 212 g/mol. The van der Waals surface area contributed by atoms with Gasteiger partial charge in [0.25, 0.3) is 0 Å². The minimum absolute atomic E-state index is 0.553. The van der Waals surface area contributed by atoms with Gasteiger partial charge in [0.05, 0.1) is 12.6 Å². The Morgan fingerprint density at radius 3 is 3.00 bits per heavy atom. The number of H-pyrrole nitrogens is 1. The summed E-state index contributed by atoms with van der Waals surface area (Å²) in [5.74, 6) is 1.98. The molecule has 0 spiro atoms. The van der Waals surface area contributed by atoms with E-state index in [0.717, 1.165) is 17.8 Å². The van der Waals surface area contributed by atoms with Crippen LogP contribution in [-0.2, 0) is 6.42 Å². The first-order valence-electron chi connectivity index (χ1n) is 4.29. The lowest BCUT2D eigenvalue weighted by Crippen LogP contribution is -1.88. The van der Waals surface area contributed by atoms with Crippen LogP contribution in [0.4, 0.5) is 0 Å². The number of fused-ring (bicyclic) bond motifs is 1.